The fraction of sp³-hybridized carbons (Fsp3) is 0.167. The van der Waals surface area contributed by atoms with Crippen LogP contribution in [0.15, 0.2) is 6.07 Å². The van der Waals surface area contributed by atoms with Gasteiger partial charge in [-0.2, -0.15) is 4.98 Å². The molecule has 0 aliphatic rings. The van der Waals surface area contributed by atoms with Gasteiger partial charge in [0.25, 0.3) is 0 Å². The maximum absolute atomic E-state index is 11.7. The average molecular weight is 266 g/mol. The highest BCUT2D eigenvalue weighted by Crippen LogP contribution is 2.33. The zero-order chi connectivity index (χ0) is 10.9. The van der Waals surface area contributed by atoms with Gasteiger partial charge >= 0.3 is 6.36 Å². The second-order valence-corrected chi connectivity index (χ2v) is 3.24. The molecular weight excluding hydrogens is 265 g/mol. The van der Waals surface area contributed by atoms with E-state index in [0.29, 0.717) is 0 Å². The number of hydrogen-bond donors (Lipinski definition) is 0. The SMILES string of the molecule is FC(F)(F)Oc1cc(Cl)c(Cl)c(Cl)n1. The van der Waals surface area contributed by atoms with E-state index >= 15 is 0 Å². The molecule has 0 radical (unpaired) electrons. The fourth-order valence-electron chi connectivity index (χ4n) is 0.619. The monoisotopic (exact) mass is 265 g/mol. The summed E-state index contributed by atoms with van der Waals surface area (Å²) in [6.45, 7) is 0. The summed E-state index contributed by atoms with van der Waals surface area (Å²) in [5.74, 6) is -0.753. The van der Waals surface area contributed by atoms with Crippen LogP contribution >= 0.6 is 34.8 Å². The Bertz CT molecular complexity index is 332. The van der Waals surface area contributed by atoms with E-state index in [-0.39, 0.29) is 15.2 Å². The third-order valence-corrected chi connectivity index (χ3v) is 2.22. The summed E-state index contributed by atoms with van der Waals surface area (Å²) in [6.07, 6.45) is -4.84. The van der Waals surface area contributed by atoms with Crippen molar-refractivity contribution in [2.75, 3.05) is 0 Å². The van der Waals surface area contributed by atoms with Crippen molar-refractivity contribution in [3.8, 4) is 5.88 Å². The quantitative estimate of drug-likeness (QED) is 0.718. The van der Waals surface area contributed by atoms with Crippen LogP contribution < -0.4 is 4.74 Å². The number of pyridine rings is 1. The van der Waals surface area contributed by atoms with E-state index < -0.39 is 12.2 Å². The number of nitrogens with zero attached hydrogens (tertiary/aromatic N) is 1. The first-order valence-corrected chi connectivity index (χ1v) is 4.20. The van der Waals surface area contributed by atoms with Crippen molar-refractivity contribution in [3.05, 3.63) is 21.3 Å². The Kier molecular flexibility index (Phi) is 3.34. The summed E-state index contributed by atoms with van der Waals surface area (Å²) in [5, 5.41) is -0.632. The van der Waals surface area contributed by atoms with Crippen LogP contribution in [-0.2, 0) is 0 Å². The first-order chi connectivity index (χ1) is 6.29. The highest BCUT2D eigenvalue weighted by Gasteiger charge is 2.32. The van der Waals surface area contributed by atoms with Gasteiger partial charge in [-0.15, -0.1) is 13.2 Å². The summed E-state index contributed by atoms with van der Waals surface area (Å²) in [4.78, 5) is 3.23. The fourth-order valence-corrected chi connectivity index (χ4v) is 1.13. The van der Waals surface area contributed by atoms with Crippen LogP contribution in [0.3, 0.4) is 0 Å². The topological polar surface area (TPSA) is 22.1 Å². The van der Waals surface area contributed by atoms with Gasteiger partial charge < -0.3 is 4.74 Å². The molecule has 1 aromatic heterocycles. The highest BCUT2D eigenvalue weighted by molar-refractivity contribution is 6.47. The van der Waals surface area contributed by atoms with Gasteiger partial charge in [0.05, 0.1) is 10.0 Å². The summed E-state index contributed by atoms with van der Waals surface area (Å²) >= 11 is 16.3. The van der Waals surface area contributed by atoms with Gasteiger partial charge in [0.1, 0.15) is 0 Å². The smallest absolute Gasteiger partial charge is 0.388 e. The first kappa shape index (κ1) is 11.7. The number of alkyl halides is 3. The van der Waals surface area contributed by atoms with Crippen LogP contribution in [0.5, 0.6) is 5.88 Å². The Balaban J connectivity index is 3.02. The van der Waals surface area contributed by atoms with Crippen LogP contribution in [0, 0.1) is 0 Å². The second kappa shape index (κ2) is 4.00. The molecule has 0 saturated carbocycles. The van der Waals surface area contributed by atoms with Gasteiger partial charge in [-0.05, 0) is 0 Å². The van der Waals surface area contributed by atoms with Crippen LogP contribution in [0.2, 0.25) is 15.2 Å². The summed E-state index contributed by atoms with van der Waals surface area (Å²) in [6, 6.07) is 0.823. The third kappa shape index (κ3) is 3.08. The van der Waals surface area contributed by atoms with Crippen LogP contribution in [0.25, 0.3) is 0 Å². The van der Waals surface area contributed by atoms with E-state index in [1.165, 1.54) is 0 Å². The number of aromatic nitrogens is 1. The summed E-state index contributed by atoms with van der Waals surface area (Å²) < 4.78 is 38.7. The molecule has 78 valence electrons. The van der Waals surface area contributed by atoms with E-state index in [4.69, 9.17) is 34.8 Å². The zero-order valence-corrected chi connectivity index (χ0v) is 8.47. The Hall–Kier alpha value is -0.390. The Morgan fingerprint density at radius 3 is 2.21 bits per heavy atom. The summed E-state index contributed by atoms with van der Waals surface area (Å²) in [5.41, 5.74) is 0. The Morgan fingerprint density at radius 1 is 1.21 bits per heavy atom. The molecule has 0 aromatic carbocycles. The molecule has 0 unspecified atom stereocenters. The third-order valence-electron chi connectivity index (χ3n) is 1.07. The molecule has 0 N–H and O–H groups in total. The van der Waals surface area contributed by atoms with Crippen LogP contribution in [-0.4, -0.2) is 11.3 Å². The number of halogens is 6. The molecule has 0 atom stereocenters. The molecule has 1 heterocycles. The molecule has 0 aliphatic carbocycles. The standard InChI is InChI=1S/C6HCl3F3NO/c7-2-1-3(14-6(10,11)12)13-5(9)4(2)8/h1H. The minimum absolute atomic E-state index is 0.122. The van der Waals surface area contributed by atoms with Gasteiger partial charge in [0.2, 0.25) is 5.88 Å². The van der Waals surface area contributed by atoms with Crippen molar-refractivity contribution in [1.82, 2.24) is 4.98 Å². The lowest BCUT2D eigenvalue weighted by molar-refractivity contribution is -0.276. The van der Waals surface area contributed by atoms with Gasteiger partial charge in [-0.25, -0.2) is 0 Å². The highest BCUT2D eigenvalue weighted by atomic mass is 35.5. The molecule has 14 heavy (non-hydrogen) atoms. The van der Waals surface area contributed by atoms with Crippen LogP contribution in [0.1, 0.15) is 0 Å². The van der Waals surface area contributed by atoms with Gasteiger partial charge in [-0.1, -0.05) is 34.8 Å². The second-order valence-electron chi connectivity index (χ2n) is 2.09. The molecule has 0 bridgehead atoms. The molecule has 0 saturated heterocycles. The Morgan fingerprint density at radius 2 is 1.79 bits per heavy atom. The van der Waals surface area contributed by atoms with Gasteiger partial charge in [0.15, 0.2) is 5.15 Å². The van der Waals surface area contributed by atoms with Crippen molar-refractivity contribution in [1.29, 1.82) is 0 Å². The molecule has 1 aromatic rings. The van der Waals surface area contributed by atoms with Crippen molar-refractivity contribution < 1.29 is 17.9 Å². The molecule has 8 heteroatoms. The normalized spacial score (nSPS) is 11.6. The first-order valence-electron chi connectivity index (χ1n) is 3.07. The van der Waals surface area contributed by atoms with Crippen molar-refractivity contribution in [3.63, 3.8) is 0 Å². The molecular formula is C6HCl3F3NO. The lowest BCUT2D eigenvalue weighted by Gasteiger charge is -2.08. The van der Waals surface area contributed by atoms with Gasteiger partial charge in [0, 0.05) is 6.07 Å². The minimum atomic E-state index is -4.84. The van der Waals surface area contributed by atoms with Crippen molar-refractivity contribution in [2.45, 2.75) is 6.36 Å². The van der Waals surface area contributed by atoms with E-state index in [1.54, 1.807) is 0 Å². The maximum atomic E-state index is 11.7. The minimum Gasteiger partial charge on any atom is -0.388 e. The summed E-state index contributed by atoms with van der Waals surface area (Å²) in [7, 11) is 0. The van der Waals surface area contributed by atoms with E-state index in [9.17, 15) is 13.2 Å². The largest absolute Gasteiger partial charge is 0.574 e. The maximum Gasteiger partial charge on any atom is 0.574 e. The van der Waals surface area contributed by atoms with Crippen molar-refractivity contribution >= 4 is 34.8 Å². The van der Waals surface area contributed by atoms with Crippen molar-refractivity contribution in [2.24, 2.45) is 0 Å². The molecule has 0 aliphatic heterocycles. The number of hydrogen-bond acceptors (Lipinski definition) is 2. The molecule has 1 rings (SSSR count). The number of ether oxygens (including phenoxy) is 1. The van der Waals surface area contributed by atoms with E-state index in [2.05, 4.69) is 9.72 Å². The zero-order valence-electron chi connectivity index (χ0n) is 6.20. The molecule has 2 nitrogen and oxygen atoms in total. The van der Waals surface area contributed by atoms with E-state index in [1.807, 2.05) is 0 Å². The Labute approximate surface area is 91.5 Å². The lowest BCUT2D eigenvalue weighted by atomic mass is 10.5. The predicted octanol–water partition coefficient (Wildman–Crippen LogP) is 3.94. The van der Waals surface area contributed by atoms with E-state index in [0.717, 1.165) is 6.07 Å². The predicted molar refractivity (Wildman–Crippen MR) is 46.0 cm³/mol. The average Bonchev–Trinajstić information content (AvgIpc) is 1.96. The number of rotatable bonds is 1. The van der Waals surface area contributed by atoms with Crippen LogP contribution in [0.4, 0.5) is 13.2 Å². The lowest BCUT2D eigenvalue weighted by Crippen LogP contribution is -2.17. The molecule has 0 fully saturated rings. The van der Waals surface area contributed by atoms with Gasteiger partial charge in [-0.3, -0.25) is 0 Å². The molecule has 0 amide bonds. The molecule has 0 spiro atoms.